The Morgan fingerprint density at radius 1 is 1.58 bits per heavy atom. The molecule has 3 nitrogen and oxygen atoms in total. The Morgan fingerprint density at radius 3 is 2.58 bits per heavy atom. The lowest BCUT2D eigenvalue weighted by molar-refractivity contribution is 1.20. The van der Waals surface area contributed by atoms with E-state index in [1.165, 1.54) is 0 Å². The van der Waals surface area contributed by atoms with Gasteiger partial charge in [0, 0.05) is 12.1 Å². The van der Waals surface area contributed by atoms with Gasteiger partial charge in [0.1, 0.15) is 11.5 Å². The van der Waals surface area contributed by atoms with Crippen LogP contribution in [-0.2, 0) is 5.88 Å². The van der Waals surface area contributed by atoms with E-state index in [0.717, 1.165) is 5.56 Å². The molecule has 0 amide bonds. The summed E-state index contributed by atoms with van der Waals surface area (Å²) in [7, 11) is 0. The highest BCUT2D eigenvalue weighted by Crippen LogP contribution is 2.02. The standard InChI is InChI=1S/C7H8ClN3.ClH/c8-3-5-1-2-6(7(9)10)11-4-5;/h1-2,4H,3H2,(H3,9,10);1H. The molecule has 0 bridgehead atoms. The first-order valence-electron chi connectivity index (χ1n) is 3.09. The van der Waals surface area contributed by atoms with Crippen LogP contribution in [0.15, 0.2) is 18.3 Å². The zero-order valence-electron chi connectivity index (χ0n) is 6.25. The van der Waals surface area contributed by atoms with Crippen LogP contribution in [0.3, 0.4) is 0 Å². The molecule has 0 atom stereocenters. The van der Waals surface area contributed by atoms with Crippen LogP contribution >= 0.6 is 24.0 Å². The Labute approximate surface area is 81.9 Å². The van der Waals surface area contributed by atoms with Crippen LogP contribution in [0.5, 0.6) is 0 Å². The predicted octanol–water partition coefficient (Wildman–Crippen LogP) is 1.53. The van der Waals surface area contributed by atoms with E-state index in [1.54, 1.807) is 18.3 Å². The van der Waals surface area contributed by atoms with Gasteiger partial charge in [0.05, 0.1) is 0 Å². The zero-order valence-corrected chi connectivity index (χ0v) is 7.82. The van der Waals surface area contributed by atoms with Crippen molar-refractivity contribution in [2.24, 2.45) is 5.73 Å². The van der Waals surface area contributed by atoms with Gasteiger partial charge in [-0.15, -0.1) is 24.0 Å². The highest BCUT2D eigenvalue weighted by molar-refractivity contribution is 6.17. The molecule has 1 heterocycles. The molecule has 3 N–H and O–H groups in total. The summed E-state index contributed by atoms with van der Waals surface area (Å²) >= 11 is 5.53. The van der Waals surface area contributed by atoms with Gasteiger partial charge in [0.15, 0.2) is 0 Å². The molecule has 5 heteroatoms. The quantitative estimate of drug-likeness (QED) is 0.437. The van der Waals surface area contributed by atoms with Gasteiger partial charge in [-0.25, -0.2) is 0 Å². The third kappa shape index (κ3) is 2.68. The van der Waals surface area contributed by atoms with Crippen LogP contribution < -0.4 is 5.73 Å². The first-order valence-corrected chi connectivity index (χ1v) is 3.63. The van der Waals surface area contributed by atoms with Gasteiger partial charge in [0.2, 0.25) is 0 Å². The topological polar surface area (TPSA) is 62.8 Å². The molecule has 0 unspecified atom stereocenters. The van der Waals surface area contributed by atoms with E-state index in [0.29, 0.717) is 11.6 Å². The maximum atomic E-state index is 7.05. The lowest BCUT2D eigenvalue weighted by Gasteiger charge is -1.97. The van der Waals surface area contributed by atoms with Crippen molar-refractivity contribution in [3.8, 4) is 0 Å². The number of nitrogens with one attached hydrogen (secondary N) is 1. The Morgan fingerprint density at radius 2 is 2.25 bits per heavy atom. The molecule has 0 aliphatic heterocycles. The second-order valence-corrected chi connectivity index (χ2v) is 2.37. The van der Waals surface area contributed by atoms with Crippen LogP contribution in [0, 0.1) is 5.41 Å². The number of alkyl halides is 1. The maximum absolute atomic E-state index is 7.05. The third-order valence-electron chi connectivity index (χ3n) is 1.25. The van der Waals surface area contributed by atoms with Gasteiger partial charge in [-0.2, -0.15) is 0 Å². The normalized spacial score (nSPS) is 8.75. The molecule has 1 aromatic rings. The molecule has 0 saturated carbocycles. The summed E-state index contributed by atoms with van der Waals surface area (Å²) in [5.74, 6) is 0.414. The Bertz CT molecular complexity index is 258. The summed E-state index contributed by atoms with van der Waals surface area (Å²) in [6.45, 7) is 0. The number of nitrogens with two attached hydrogens (primary N) is 1. The van der Waals surface area contributed by atoms with Crippen molar-refractivity contribution in [3.63, 3.8) is 0 Å². The highest BCUT2D eigenvalue weighted by Gasteiger charge is 1.96. The van der Waals surface area contributed by atoms with E-state index in [1.807, 2.05) is 0 Å². The summed E-state index contributed by atoms with van der Waals surface area (Å²) < 4.78 is 0. The molecule has 0 saturated heterocycles. The average Bonchev–Trinajstić information content (AvgIpc) is 2.05. The van der Waals surface area contributed by atoms with Crippen molar-refractivity contribution < 1.29 is 0 Å². The van der Waals surface area contributed by atoms with Crippen molar-refractivity contribution >= 4 is 29.8 Å². The van der Waals surface area contributed by atoms with Crippen molar-refractivity contribution in [2.45, 2.75) is 5.88 Å². The summed E-state index contributed by atoms with van der Waals surface area (Å²) in [4.78, 5) is 3.92. The molecule has 0 radical (unpaired) electrons. The van der Waals surface area contributed by atoms with Gasteiger partial charge in [0.25, 0.3) is 0 Å². The van der Waals surface area contributed by atoms with E-state index in [4.69, 9.17) is 22.7 Å². The smallest absolute Gasteiger partial charge is 0.141 e. The third-order valence-corrected chi connectivity index (χ3v) is 1.56. The molecule has 0 aliphatic carbocycles. The van der Waals surface area contributed by atoms with Crippen LogP contribution in [0.2, 0.25) is 0 Å². The average molecular weight is 206 g/mol. The molecule has 0 fully saturated rings. The fraction of sp³-hybridized carbons (Fsp3) is 0.143. The monoisotopic (exact) mass is 205 g/mol. The second kappa shape index (κ2) is 4.95. The molecule has 1 rings (SSSR count). The van der Waals surface area contributed by atoms with Crippen molar-refractivity contribution in [1.29, 1.82) is 5.41 Å². The molecule has 12 heavy (non-hydrogen) atoms. The van der Waals surface area contributed by atoms with Gasteiger partial charge in [-0.3, -0.25) is 10.4 Å². The van der Waals surface area contributed by atoms with Crippen molar-refractivity contribution in [2.75, 3.05) is 0 Å². The zero-order chi connectivity index (χ0) is 8.27. The van der Waals surface area contributed by atoms with Gasteiger partial charge >= 0.3 is 0 Å². The van der Waals surface area contributed by atoms with Crippen LogP contribution in [-0.4, -0.2) is 10.8 Å². The summed E-state index contributed by atoms with van der Waals surface area (Å²) in [6.07, 6.45) is 1.61. The van der Waals surface area contributed by atoms with E-state index >= 15 is 0 Å². The number of nitrogens with zero attached hydrogens (tertiary/aromatic N) is 1. The van der Waals surface area contributed by atoms with Crippen LogP contribution in [0.1, 0.15) is 11.3 Å². The Balaban J connectivity index is 0.00000121. The summed E-state index contributed by atoms with van der Waals surface area (Å²) in [5.41, 5.74) is 6.61. The SMILES string of the molecule is Cl.N=C(N)c1ccc(CCl)cn1. The number of pyridine rings is 1. The largest absolute Gasteiger partial charge is 0.382 e. The first kappa shape index (κ1) is 11.2. The predicted molar refractivity (Wildman–Crippen MR) is 52.1 cm³/mol. The minimum absolute atomic E-state index is 0. The minimum atomic E-state index is -0.0221. The van der Waals surface area contributed by atoms with Crippen LogP contribution in [0.25, 0.3) is 0 Å². The van der Waals surface area contributed by atoms with Crippen molar-refractivity contribution in [3.05, 3.63) is 29.6 Å². The van der Waals surface area contributed by atoms with E-state index in [2.05, 4.69) is 4.98 Å². The Kier molecular flexibility index (Phi) is 4.62. The lowest BCUT2D eigenvalue weighted by atomic mass is 10.2. The fourth-order valence-corrected chi connectivity index (χ4v) is 0.821. The van der Waals surface area contributed by atoms with E-state index in [9.17, 15) is 0 Å². The van der Waals surface area contributed by atoms with Crippen LogP contribution in [0.4, 0.5) is 0 Å². The fourth-order valence-electron chi connectivity index (χ4n) is 0.663. The van der Waals surface area contributed by atoms with Gasteiger partial charge < -0.3 is 5.73 Å². The van der Waals surface area contributed by atoms with E-state index in [-0.39, 0.29) is 18.2 Å². The maximum Gasteiger partial charge on any atom is 0.141 e. The lowest BCUT2D eigenvalue weighted by Crippen LogP contribution is -2.12. The number of nitrogen functional groups attached to an aromatic ring is 1. The van der Waals surface area contributed by atoms with E-state index < -0.39 is 0 Å². The van der Waals surface area contributed by atoms with Gasteiger partial charge in [-0.05, 0) is 11.6 Å². The molecule has 66 valence electrons. The highest BCUT2D eigenvalue weighted by atomic mass is 35.5. The number of hydrogen-bond acceptors (Lipinski definition) is 2. The number of rotatable bonds is 2. The molecule has 1 aromatic heterocycles. The molecular weight excluding hydrogens is 197 g/mol. The number of aromatic nitrogens is 1. The first-order chi connectivity index (χ1) is 5.24. The molecule has 0 spiro atoms. The Hall–Kier alpha value is -0.800. The number of hydrogen-bond donors (Lipinski definition) is 2. The minimum Gasteiger partial charge on any atom is -0.382 e. The molecular formula is C7H9Cl2N3. The number of halogens is 2. The molecule has 0 aromatic carbocycles. The summed E-state index contributed by atoms with van der Waals surface area (Å²) in [6, 6.07) is 3.48. The molecule has 0 aliphatic rings. The number of amidine groups is 1. The van der Waals surface area contributed by atoms with Crippen molar-refractivity contribution in [1.82, 2.24) is 4.98 Å². The van der Waals surface area contributed by atoms with Gasteiger partial charge in [-0.1, -0.05) is 6.07 Å². The second-order valence-electron chi connectivity index (χ2n) is 2.10. The summed E-state index contributed by atoms with van der Waals surface area (Å²) in [5, 5.41) is 7.05.